The minimum absolute atomic E-state index is 0.330. The molecule has 0 spiro atoms. The van der Waals surface area contributed by atoms with Crippen LogP contribution in [0.4, 0.5) is 11.4 Å². The molecule has 3 atom stereocenters. The molecule has 1 amide bonds. The van der Waals surface area contributed by atoms with Crippen LogP contribution in [0.25, 0.3) is 0 Å². The Hall–Kier alpha value is -3.34. The maximum Gasteiger partial charge on any atom is 0.331 e. The molecule has 0 aromatic heterocycles. The fourth-order valence-corrected chi connectivity index (χ4v) is 3.06. The van der Waals surface area contributed by atoms with Gasteiger partial charge in [0.1, 0.15) is 6.10 Å². The van der Waals surface area contributed by atoms with Crippen molar-refractivity contribution in [3.8, 4) is 0 Å². The molecule has 0 saturated carbocycles. The van der Waals surface area contributed by atoms with Gasteiger partial charge < -0.3 is 4.74 Å². The molecule has 1 fully saturated rings. The van der Waals surface area contributed by atoms with E-state index in [-0.39, 0.29) is 11.5 Å². The van der Waals surface area contributed by atoms with Gasteiger partial charge in [0.25, 0.3) is 17.3 Å². The van der Waals surface area contributed by atoms with Gasteiger partial charge in [-0.3, -0.25) is 29.9 Å². The summed E-state index contributed by atoms with van der Waals surface area (Å²) in [6.07, 6.45) is 3.48. The van der Waals surface area contributed by atoms with Crippen molar-refractivity contribution in [3.05, 3.63) is 56.1 Å². The second-order valence-electron chi connectivity index (χ2n) is 5.75. The summed E-state index contributed by atoms with van der Waals surface area (Å²) in [5.74, 6) is -1.94. The standard InChI is InChI=1S/C15H13N3O8/c1-25-15(20)13-11-3-2-4-12(11)26-16(13)14(19)8-5-9(17(21)22)7-10(6-8)18(23)24/h2,4-7,11-13H,3H2,1H3/t11-,12+,13+/m0/s1. The highest BCUT2D eigenvalue weighted by Crippen LogP contribution is 2.37. The van der Waals surface area contributed by atoms with Gasteiger partial charge in [0.2, 0.25) is 0 Å². The highest BCUT2D eigenvalue weighted by molar-refractivity contribution is 5.97. The number of fused-ring (bicyclic) bond motifs is 1. The SMILES string of the molecule is COC(=O)[C@H]1[C@H]2CC=C[C@H]2ON1C(=O)c1cc([N+](=O)[O-])cc([N+](=O)[O-])c1. The number of non-ortho nitro benzene ring substituents is 2. The van der Waals surface area contributed by atoms with E-state index in [1.165, 1.54) is 7.11 Å². The minimum Gasteiger partial charge on any atom is -0.467 e. The van der Waals surface area contributed by atoms with Crippen LogP contribution in [0, 0.1) is 26.1 Å². The molecular formula is C15H13N3O8. The number of carbonyl (C=O) groups is 2. The van der Waals surface area contributed by atoms with Crippen molar-refractivity contribution in [1.82, 2.24) is 5.06 Å². The predicted octanol–water partition coefficient (Wildman–Crippen LogP) is 1.38. The largest absolute Gasteiger partial charge is 0.467 e. The number of nitrogens with zero attached hydrogens (tertiary/aromatic N) is 3. The Morgan fingerprint density at radius 1 is 1.19 bits per heavy atom. The van der Waals surface area contributed by atoms with E-state index in [4.69, 9.17) is 9.57 Å². The van der Waals surface area contributed by atoms with Crippen molar-refractivity contribution in [2.45, 2.75) is 18.6 Å². The molecule has 1 aliphatic heterocycles. The zero-order chi connectivity index (χ0) is 19.0. The Morgan fingerprint density at radius 2 is 1.81 bits per heavy atom. The lowest BCUT2D eigenvalue weighted by Gasteiger charge is -2.22. The molecule has 0 bridgehead atoms. The van der Waals surface area contributed by atoms with Crippen LogP contribution in [0.3, 0.4) is 0 Å². The number of hydrogen-bond donors (Lipinski definition) is 0. The maximum absolute atomic E-state index is 12.8. The first-order valence-electron chi connectivity index (χ1n) is 7.52. The van der Waals surface area contributed by atoms with E-state index in [9.17, 15) is 29.8 Å². The first-order valence-corrected chi connectivity index (χ1v) is 7.52. The maximum atomic E-state index is 12.8. The Kier molecular flexibility index (Phi) is 4.38. The molecule has 1 saturated heterocycles. The first kappa shape index (κ1) is 17.5. The fourth-order valence-electron chi connectivity index (χ4n) is 3.06. The second-order valence-corrected chi connectivity index (χ2v) is 5.75. The van der Waals surface area contributed by atoms with Crippen molar-refractivity contribution in [1.29, 1.82) is 0 Å². The van der Waals surface area contributed by atoms with Crippen LogP contribution < -0.4 is 0 Å². The molecule has 1 aromatic rings. The smallest absolute Gasteiger partial charge is 0.331 e. The van der Waals surface area contributed by atoms with E-state index >= 15 is 0 Å². The van der Waals surface area contributed by atoms with E-state index < -0.39 is 45.2 Å². The molecular weight excluding hydrogens is 350 g/mol. The van der Waals surface area contributed by atoms with Gasteiger partial charge in [-0.25, -0.2) is 9.86 Å². The summed E-state index contributed by atoms with van der Waals surface area (Å²) in [5, 5.41) is 22.8. The summed E-state index contributed by atoms with van der Waals surface area (Å²) >= 11 is 0. The van der Waals surface area contributed by atoms with Gasteiger partial charge in [-0.1, -0.05) is 12.2 Å². The number of carbonyl (C=O) groups excluding carboxylic acids is 2. The molecule has 136 valence electrons. The molecule has 2 aliphatic rings. The third kappa shape index (κ3) is 2.88. The average molecular weight is 363 g/mol. The van der Waals surface area contributed by atoms with Gasteiger partial charge in [-0.15, -0.1) is 0 Å². The highest BCUT2D eigenvalue weighted by Gasteiger charge is 2.50. The number of methoxy groups -OCH3 is 1. The molecule has 0 radical (unpaired) electrons. The van der Waals surface area contributed by atoms with Crippen molar-refractivity contribution >= 4 is 23.3 Å². The number of nitro groups is 2. The van der Waals surface area contributed by atoms with Crippen LogP contribution >= 0.6 is 0 Å². The number of nitro benzene ring substituents is 2. The Labute approximate surface area is 146 Å². The summed E-state index contributed by atoms with van der Waals surface area (Å²) in [6, 6.07) is 1.50. The van der Waals surface area contributed by atoms with Crippen LogP contribution in [0.5, 0.6) is 0 Å². The van der Waals surface area contributed by atoms with E-state index in [2.05, 4.69) is 0 Å². The predicted molar refractivity (Wildman–Crippen MR) is 83.8 cm³/mol. The number of amides is 1. The summed E-state index contributed by atoms with van der Waals surface area (Å²) in [4.78, 5) is 50.7. The number of hydrogen-bond acceptors (Lipinski definition) is 8. The number of benzene rings is 1. The zero-order valence-electron chi connectivity index (χ0n) is 13.4. The average Bonchev–Trinajstić information content (AvgIpc) is 3.20. The third-order valence-corrected chi connectivity index (χ3v) is 4.26. The lowest BCUT2D eigenvalue weighted by Crippen LogP contribution is -2.43. The third-order valence-electron chi connectivity index (χ3n) is 4.26. The first-order chi connectivity index (χ1) is 12.3. The van der Waals surface area contributed by atoms with E-state index in [1.807, 2.05) is 6.08 Å². The molecule has 3 rings (SSSR count). The molecule has 0 unspecified atom stereocenters. The molecule has 0 N–H and O–H groups in total. The van der Waals surface area contributed by atoms with Gasteiger partial charge in [-0.05, 0) is 6.42 Å². The van der Waals surface area contributed by atoms with Crippen molar-refractivity contribution in [3.63, 3.8) is 0 Å². The number of allylic oxidation sites excluding steroid dienone is 1. The Balaban J connectivity index is 2.00. The Bertz CT molecular complexity index is 804. The quantitative estimate of drug-likeness (QED) is 0.338. The molecule has 26 heavy (non-hydrogen) atoms. The fraction of sp³-hybridized carbons (Fsp3) is 0.333. The Morgan fingerprint density at radius 3 is 2.35 bits per heavy atom. The summed E-state index contributed by atoms with van der Waals surface area (Å²) < 4.78 is 4.73. The number of esters is 1. The van der Waals surface area contributed by atoms with Crippen molar-refractivity contribution in [2.75, 3.05) is 7.11 Å². The normalized spacial score (nSPS) is 23.6. The van der Waals surface area contributed by atoms with Crippen LogP contribution in [0.15, 0.2) is 30.4 Å². The van der Waals surface area contributed by atoms with Gasteiger partial charge >= 0.3 is 5.97 Å². The summed E-state index contributed by atoms with van der Waals surface area (Å²) in [6.45, 7) is 0. The second kappa shape index (κ2) is 6.52. The monoisotopic (exact) mass is 363 g/mol. The molecule has 1 heterocycles. The minimum atomic E-state index is -1.05. The van der Waals surface area contributed by atoms with Crippen LogP contribution in [-0.2, 0) is 14.4 Å². The van der Waals surface area contributed by atoms with Gasteiger partial charge in [0, 0.05) is 18.1 Å². The molecule has 11 heteroatoms. The van der Waals surface area contributed by atoms with Gasteiger partial charge in [0.15, 0.2) is 6.04 Å². The zero-order valence-corrected chi connectivity index (χ0v) is 13.4. The van der Waals surface area contributed by atoms with Crippen molar-refractivity contribution in [2.24, 2.45) is 5.92 Å². The van der Waals surface area contributed by atoms with Crippen LogP contribution in [-0.4, -0.2) is 46.0 Å². The molecule has 11 nitrogen and oxygen atoms in total. The van der Waals surface area contributed by atoms with E-state index in [0.29, 0.717) is 6.42 Å². The van der Waals surface area contributed by atoms with Crippen LogP contribution in [0.2, 0.25) is 0 Å². The van der Waals surface area contributed by atoms with E-state index in [1.54, 1.807) is 6.08 Å². The summed E-state index contributed by atoms with van der Waals surface area (Å²) in [7, 11) is 1.17. The number of hydroxylamine groups is 2. The topological polar surface area (TPSA) is 142 Å². The highest BCUT2D eigenvalue weighted by atomic mass is 16.7. The molecule has 1 aliphatic carbocycles. The summed E-state index contributed by atoms with van der Waals surface area (Å²) in [5.41, 5.74) is -1.56. The van der Waals surface area contributed by atoms with E-state index in [0.717, 1.165) is 23.3 Å². The lowest BCUT2D eigenvalue weighted by molar-refractivity contribution is -0.394. The van der Waals surface area contributed by atoms with Gasteiger partial charge in [0.05, 0.1) is 28.6 Å². The molecule has 1 aromatic carbocycles. The number of rotatable bonds is 4. The van der Waals surface area contributed by atoms with Crippen molar-refractivity contribution < 1.29 is 29.0 Å². The van der Waals surface area contributed by atoms with Crippen LogP contribution in [0.1, 0.15) is 16.8 Å². The number of ether oxygens (including phenoxy) is 1. The lowest BCUT2D eigenvalue weighted by atomic mass is 9.96. The van der Waals surface area contributed by atoms with Gasteiger partial charge in [-0.2, -0.15) is 0 Å².